The van der Waals surface area contributed by atoms with Gasteiger partial charge in [0.05, 0.1) is 33.0 Å². The molecule has 0 aromatic heterocycles. The van der Waals surface area contributed by atoms with Crippen molar-refractivity contribution < 1.29 is 38.8 Å². The summed E-state index contributed by atoms with van der Waals surface area (Å²) >= 11 is 0. The largest absolute Gasteiger partial charge is 0.469 e. The Bertz CT molecular complexity index is 298. The monoisotopic (exact) mass is 403 g/mol. The second-order valence-electron chi connectivity index (χ2n) is 5.73. The van der Waals surface area contributed by atoms with Crippen LogP contribution in [-0.2, 0) is 18.8 Å². The maximum absolute atomic E-state index is 10.4. The third-order valence-electron chi connectivity index (χ3n) is 3.26. The van der Waals surface area contributed by atoms with Crippen LogP contribution in [0.5, 0.6) is 0 Å². The molecule has 0 rings (SSSR count). The van der Waals surface area contributed by atoms with E-state index in [1.165, 1.54) is 44.9 Å². The Balaban J connectivity index is 0. The summed E-state index contributed by atoms with van der Waals surface area (Å²) in [5.41, 5.74) is 2.07. The van der Waals surface area contributed by atoms with Crippen LogP contribution in [0.1, 0.15) is 71.1 Å². The smallest absolute Gasteiger partial charge is 0.394 e. The van der Waals surface area contributed by atoms with E-state index >= 15 is 0 Å². The zero-order valence-corrected chi connectivity index (χ0v) is 16.9. The Kier molecular flexibility index (Phi) is 24.8. The highest BCUT2D eigenvalue weighted by Gasteiger charge is 2.12. The van der Waals surface area contributed by atoms with Crippen molar-refractivity contribution in [2.75, 3.05) is 33.0 Å². The van der Waals surface area contributed by atoms with Gasteiger partial charge < -0.3 is 20.0 Å². The summed E-state index contributed by atoms with van der Waals surface area (Å²) in [6.07, 6.45) is 12.0. The van der Waals surface area contributed by atoms with Crippen LogP contribution in [-0.4, -0.2) is 53.0 Å². The molecule has 0 saturated carbocycles. The van der Waals surface area contributed by atoms with Gasteiger partial charge in [-0.05, 0) is 6.42 Å². The van der Waals surface area contributed by atoms with Crippen LogP contribution < -0.4 is 5.64 Å². The second kappa shape index (κ2) is 23.0. The predicted molar refractivity (Wildman–Crippen MR) is 99.1 cm³/mol. The minimum absolute atomic E-state index is 0.0600. The number of rotatable bonds is 18. The van der Waals surface area contributed by atoms with Gasteiger partial charge in [-0.25, -0.2) is 4.57 Å². The lowest BCUT2D eigenvalue weighted by atomic mass is 10.1. The van der Waals surface area contributed by atoms with Gasteiger partial charge in [-0.3, -0.25) is 14.2 Å². The van der Waals surface area contributed by atoms with E-state index in [1.807, 2.05) is 0 Å². The second-order valence-corrected chi connectivity index (χ2v) is 6.97. The number of phosphoric ester groups is 1. The van der Waals surface area contributed by atoms with Gasteiger partial charge in [0.15, 0.2) is 0 Å². The molecule has 0 fully saturated rings. The number of hydrogen-bond donors (Lipinski definition) is 5. The first-order chi connectivity index (χ1) is 12.5. The van der Waals surface area contributed by atoms with Crippen LogP contribution in [0.4, 0.5) is 0 Å². The summed E-state index contributed by atoms with van der Waals surface area (Å²) in [4.78, 5) is 25.8. The van der Waals surface area contributed by atoms with E-state index in [1.54, 1.807) is 0 Å². The van der Waals surface area contributed by atoms with Gasteiger partial charge in [0.1, 0.15) is 0 Å². The molecule has 5 N–H and O–H groups in total. The summed E-state index contributed by atoms with van der Waals surface area (Å²) in [6, 6.07) is 0. The molecule has 0 saturated heterocycles. The first-order valence-electron chi connectivity index (χ1n) is 9.38. The zero-order chi connectivity index (χ0) is 19.9. The van der Waals surface area contributed by atoms with E-state index in [9.17, 15) is 4.57 Å². The lowest BCUT2D eigenvalue weighted by Gasteiger charge is -2.05. The van der Waals surface area contributed by atoms with Crippen molar-refractivity contribution in [2.24, 2.45) is 0 Å². The molecule has 160 valence electrons. The molecule has 0 unspecified atom stereocenters. The number of hydrogen-bond acceptors (Lipinski definition) is 7. The van der Waals surface area contributed by atoms with Gasteiger partial charge in [0, 0.05) is 0 Å². The molecule has 0 atom stereocenters. The van der Waals surface area contributed by atoms with E-state index in [0.717, 1.165) is 19.3 Å². The maximum atomic E-state index is 10.4. The van der Waals surface area contributed by atoms with Crippen molar-refractivity contribution in [2.45, 2.75) is 71.1 Å². The number of phosphoric acid groups is 1. The summed E-state index contributed by atoms with van der Waals surface area (Å²) in [7, 11) is -4.24. The molecule has 10 heteroatoms. The Morgan fingerprint density at radius 2 is 1.15 bits per heavy atom. The lowest BCUT2D eigenvalue weighted by molar-refractivity contribution is -0.178. The third kappa shape index (κ3) is 31.7. The molecule has 0 spiro atoms. The number of nitrogens with one attached hydrogen (secondary N) is 1. The Morgan fingerprint density at radius 1 is 0.731 bits per heavy atom. The van der Waals surface area contributed by atoms with E-state index < -0.39 is 7.82 Å². The molecule has 0 aromatic carbocycles. The first-order valence-corrected chi connectivity index (χ1v) is 10.9. The minimum Gasteiger partial charge on any atom is -0.394 e. The molecule has 9 nitrogen and oxygen atoms in total. The molecule has 0 aliphatic heterocycles. The van der Waals surface area contributed by atoms with Crippen LogP contribution in [0.25, 0.3) is 0 Å². The van der Waals surface area contributed by atoms with Crippen molar-refractivity contribution in [1.82, 2.24) is 5.64 Å². The average Bonchev–Trinajstić information content (AvgIpc) is 2.59. The van der Waals surface area contributed by atoms with Crippen LogP contribution >= 0.6 is 7.82 Å². The average molecular weight is 403 g/mol. The van der Waals surface area contributed by atoms with Gasteiger partial charge in [0.2, 0.25) is 0 Å². The Hall–Kier alpha value is -0.0900. The van der Waals surface area contributed by atoms with Gasteiger partial charge in [-0.2, -0.15) is 0 Å². The molecule has 0 heterocycles. The molecular weight excluding hydrogens is 365 g/mol. The first kappa shape index (κ1) is 28.1. The molecule has 0 aromatic rings. The summed E-state index contributed by atoms with van der Waals surface area (Å²) in [5.74, 6) is 0. The van der Waals surface area contributed by atoms with Crippen molar-refractivity contribution in [1.29, 1.82) is 0 Å². The Labute approximate surface area is 157 Å². The third-order valence-corrected chi connectivity index (χ3v) is 3.78. The van der Waals surface area contributed by atoms with Crippen molar-refractivity contribution in [3.05, 3.63) is 0 Å². The lowest BCUT2D eigenvalue weighted by Crippen LogP contribution is -2.19. The van der Waals surface area contributed by atoms with Gasteiger partial charge >= 0.3 is 7.82 Å². The van der Waals surface area contributed by atoms with E-state index in [2.05, 4.69) is 26.8 Å². The molecular formula is C16H38NO8P. The van der Waals surface area contributed by atoms with E-state index in [0.29, 0.717) is 0 Å². The van der Waals surface area contributed by atoms with Crippen LogP contribution in [0.3, 0.4) is 0 Å². The van der Waals surface area contributed by atoms with E-state index in [4.69, 9.17) is 20.0 Å². The zero-order valence-electron chi connectivity index (χ0n) is 16.0. The summed E-state index contributed by atoms with van der Waals surface area (Å²) < 4.78 is 14.7. The van der Waals surface area contributed by atoms with Crippen molar-refractivity contribution in [3.63, 3.8) is 0 Å². The van der Waals surface area contributed by atoms with Crippen LogP contribution in [0.2, 0.25) is 0 Å². The normalized spacial score (nSPS) is 11.3. The minimum atomic E-state index is -4.24. The molecule has 0 bridgehead atoms. The topological polar surface area (TPSA) is 138 Å². The predicted octanol–water partition coefficient (Wildman–Crippen LogP) is 2.44. The molecule has 0 amide bonds. The fraction of sp³-hybridized carbons (Fsp3) is 1.00. The summed E-state index contributed by atoms with van der Waals surface area (Å²) in [5, 5.41) is 16.3. The van der Waals surface area contributed by atoms with Gasteiger partial charge in [-0.15, -0.1) is 0 Å². The molecule has 26 heavy (non-hydrogen) atoms. The molecule has 0 radical (unpaired) electrons. The van der Waals surface area contributed by atoms with Crippen molar-refractivity contribution in [3.8, 4) is 0 Å². The number of aliphatic hydroxyl groups is 2. The highest BCUT2D eigenvalue weighted by atomic mass is 31.2. The van der Waals surface area contributed by atoms with E-state index in [-0.39, 0.29) is 33.0 Å². The molecule has 0 aliphatic carbocycles. The number of unbranched alkanes of at least 4 members (excludes halogenated alkanes) is 9. The van der Waals surface area contributed by atoms with Gasteiger partial charge in [0.25, 0.3) is 0 Å². The quantitative estimate of drug-likeness (QED) is 0.133. The van der Waals surface area contributed by atoms with Crippen molar-refractivity contribution >= 4 is 7.82 Å². The van der Waals surface area contributed by atoms with Crippen LogP contribution in [0, 0.1) is 0 Å². The highest BCUT2D eigenvalue weighted by Crippen LogP contribution is 2.35. The molecule has 0 aliphatic rings. The number of aliphatic hydroxyl groups excluding tert-OH is 2. The highest BCUT2D eigenvalue weighted by molar-refractivity contribution is 7.46. The fourth-order valence-corrected chi connectivity index (χ4v) is 2.36. The maximum Gasteiger partial charge on any atom is 0.469 e. The SMILES string of the molecule is CCCCCCCCCCCCOP(=O)(O)O.OCCONOCCO. The summed E-state index contributed by atoms with van der Waals surface area (Å²) in [6.45, 7) is 2.61. The Morgan fingerprint density at radius 3 is 1.54 bits per heavy atom. The van der Waals surface area contributed by atoms with Crippen LogP contribution in [0.15, 0.2) is 0 Å². The fourth-order valence-electron chi connectivity index (χ4n) is 1.99. The van der Waals surface area contributed by atoms with Gasteiger partial charge in [-0.1, -0.05) is 70.4 Å². The standard InChI is InChI=1S/C12H27O4P.C4H11NO4/c1-2-3-4-5-6-7-8-9-10-11-12-16-17(13,14)15;6-1-3-8-5-9-4-2-7/h2-12H2,1H3,(H2,13,14,15);5-7H,1-4H2.